The molecule has 0 heterocycles. The summed E-state index contributed by atoms with van der Waals surface area (Å²) in [6, 6.07) is 16.4. The number of benzene rings is 2. The van der Waals surface area contributed by atoms with Gasteiger partial charge in [0, 0.05) is 5.02 Å². The van der Waals surface area contributed by atoms with Gasteiger partial charge in [0.05, 0.1) is 6.61 Å². The molecule has 0 aliphatic rings. The van der Waals surface area contributed by atoms with Gasteiger partial charge >= 0.3 is 0 Å². The number of hydrogen-bond acceptors (Lipinski definition) is 2. The van der Waals surface area contributed by atoms with E-state index in [-0.39, 0.29) is 0 Å². The fourth-order valence-electron chi connectivity index (χ4n) is 2.53. The van der Waals surface area contributed by atoms with Gasteiger partial charge in [-0.25, -0.2) is 0 Å². The molecule has 2 aromatic rings. The van der Waals surface area contributed by atoms with Gasteiger partial charge in [0.1, 0.15) is 5.75 Å². The van der Waals surface area contributed by atoms with Gasteiger partial charge in [0.2, 0.25) is 0 Å². The van der Waals surface area contributed by atoms with Gasteiger partial charge in [-0.2, -0.15) is 0 Å². The predicted molar refractivity (Wildman–Crippen MR) is 98.6 cm³/mol. The van der Waals surface area contributed by atoms with Gasteiger partial charge in [-0.1, -0.05) is 41.9 Å². The molecular weight excluding hydrogens is 306 g/mol. The van der Waals surface area contributed by atoms with Gasteiger partial charge in [-0.05, 0) is 75.6 Å². The lowest BCUT2D eigenvalue weighted by Crippen LogP contribution is -2.13. The molecule has 0 unspecified atom stereocenters. The smallest absolute Gasteiger partial charge is 0.122 e. The Morgan fingerprint density at radius 2 is 1.78 bits per heavy atom. The molecule has 3 heteroatoms. The van der Waals surface area contributed by atoms with Crippen molar-refractivity contribution < 1.29 is 4.74 Å². The van der Waals surface area contributed by atoms with E-state index in [1.54, 1.807) is 0 Å². The first-order chi connectivity index (χ1) is 11.1. The Kier molecular flexibility index (Phi) is 7.44. The van der Waals surface area contributed by atoms with Crippen LogP contribution < -0.4 is 4.74 Å². The number of rotatable bonds is 9. The minimum atomic E-state index is 0.780. The van der Waals surface area contributed by atoms with E-state index in [0.717, 1.165) is 49.6 Å². The fourth-order valence-corrected chi connectivity index (χ4v) is 2.75. The van der Waals surface area contributed by atoms with E-state index in [0.29, 0.717) is 0 Å². The van der Waals surface area contributed by atoms with E-state index in [4.69, 9.17) is 16.3 Å². The van der Waals surface area contributed by atoms with E-state index in [2.05, 4.69) is 43.3 Å². The number of ether oxygens (including phenoxy) is 1. The molecule has 0 N–H and O–H groups in total. The van der Waals surface area contributed by atoms with Crippen molar-refractivity contribution in [2.75, 3.05) is 27.2 Å². The number of hydrogen-bond donors (Lipinski definition) is 0. The van der Waals surface area contributed by atoms with Gasteiger partial charge in [0.25, 0.3) is 0 Å². The molecule has 0 aromatic heterocycles. The first kappa shape index (κ1) is 17.8. The average Bonchev–Trinajstić information content (AvgIpc) is 2.53. The summed E-state index contributed by atoms with van der Waals surface area (Å²) in [5, 5.41) is 0.799. The van der Waals surface area contributed by atoms with Crippen LogP contribution in [0.15, 0.2) is 48.5 Å². The molecule has 124 valence electrons. The fraction of sp³-hybridized carbons (Fsp3) is 0.400. The number of aryl methyl sites for hydroxylation is 2. The number of halogens is 1. The second kappa shape index (κ2) is 9.59. The van der Waals surface area contributed by atoms with Crippen LogP contribution >= 0.6 is 11.6 Å². The molecule has 2 nitrogen and oxygen atoms in total. The van der Waals surface area contributed by atoms with Crippen molar-refractivity contribution in [3.8, 4) is 5.75 Å². The van der Waals surface area contributed by atoms with Crippen LogP contribution in [-0.4, -0.2) is 32.1 Å². The summed E-state index contributed by atoms with van der Waals surface area (Å²) in [5.41, 5.74) is 2.53. The minimum Gasteiger partial charge on any atom is -0.493 e. The van der Waals surface area contributed by atoms with E-state index >= 15 is 0 Å². The van der Waals surface area contributed by atoms with Gasteiger partial charge in [-0.15, -0.1) is 0 Å². The summed E-state index contributed by atoms with van der Waals surface area (Å²) in [6.45, 7) is 1.89. The summed E-state index contributed by atoms with van der Waals surface area (Å²) in [7, 11) is 4.21. The van der Waals surface area contributed by atoms with E-state index < -0.39 is 0 Å². The predicted octanol–water partition coefficient (Wildman–Crippen LogP) is 4.85. The van der Waals surface area contributed by atoms with Crippen LogP contribution in [0.4, 0.5) is 0 Å². The van der Waals surface area contributed by atoms with E-state index in [1.807, 2.05) is 24.3 Å². The van der Waals surface area contributed by atoms with Crippen LogP contribution in [0, 0.1) is 0 Å². The van der Waals surface area contributed by atoms with Crippen LogP contribution in [0.2, 0.25) is 5.02 Å². The second-order valence-corrected chi connectivity index (χ2v) is 6.53. The lowest BCUT2D eigenvalue weighted by Gasteiger charge is -2.13. The number of nitrogens with zero attached hydrogens (tertiary/aromatic N) is 1. The standard InChI is InChI=1S/C20H26ClNO/c1-22(2)14-5-6-15-23-20-11-4-3-9-18(20)13-12-17-8-7-10-19(21)16-17/h3-4,7-11,16H,5-6,12-15H2,1-2H3. The largest absolute Gasteiger partial charge is 0.493 e. The molecule has 0 amide bonds. The number of para-hydroxylation sites is 1. The second-order valence-electron chi connectivity index (χ2n) is 6.10. The average molecular weight is 332 g/mol. The molecule has 0 atom stereocenters. The number of unbranched alkanes of at least 4 members (excludes halogenated alkanes) is 1. The third kappa shape index (κ3) is 6.64. The highest BCUT2D eigenvalue weighted by atomic mass is 35.5. The summed E-state index contributed by atoms with van der Waals surface area (Å²) < 4.78 is 5.99. The van der Waals surface area contributed by atoms with Crippen molar-refractivity contribution >= 4 is 11.6 Å². The van der Waals surface area contributed by atoms with Crippen LogP contribution in [-0.2, 0) is 12.8 Å². The van der Waals surface area contributed by atoms with Crippen LogP contribution in [0.1, 0.15) is 24.0 Å². The molecule has 0 bridgehead atoms. The van der Waals surface area contributed by atoms with E-state index in [1.165, 1.54) is 11.1 Å². The molecule has 23 heavy (non-hydrogen) atoms. The molecule has 0 fully saturated rings. The highest BCUT2D eigenvalue weighted by molar-refractivity contribution is 6.30. The molecule has 0 saturated carbocycles. The third-order valence-electron chi connectivity index (χ3n) is 3.80. The van der Waals surface area contributed by atoms with Gasteiger partial charge < -0.3 is 9.64 Å². The first-order valence-electron chi connectivity index (χ1n) is 8.25. The zero-order valence-corrected chi connectivity index (χ0v) is 14.9. The topological polar surface area (TPSA) is 12.5 Å². The Labute approximate surface area is 145 Å². The zero-order valence-electron chi connectivity index (χ0n) is 14.1. The van der Waals surface area contributed by atoms with Crippen molar-refractivity contribution in [3.63, 3.8) is 0 Å². The van der Waals surface area contributed by atoms with Crippen LogP contribution in [0.25, 0.3) is 0 Å². The quantitative estimate of drug-likeness (QED) is 0.609. The Bertz CT molecular complexity index is 598. The molecule has 2 rings (SSSR count). The molecule has 0 spiro atoms. The Balaban J connectivity index is 1.85. The Hall–Kier alpha value is -1.51. The highest BCUT2D eigenvalue weighted by Crippen LogP contribution is 2.21. The van der Waals surface area contributed by atoms with Crippen molar-refractivity contribution in [2.45, 2.75) is 25.7 Å². The molecule has 0 saturated heterocycles. The lowest BCUT2D eigenvalue weighted by atomic mass is 10.0. The molecular formula is C20H26ClNO. The monoisotopic (exact) mass is 331 g/mol. The maximum atomic E-state index is 6.05. The lowest BCUT2D eigenvalue weighted by molar-refractivity contribution is 0.290. The van der Waals surface area contributed by atoms with E-state index in [9.17, 15) is 0 Å². The maximum Gasteiger partial charge on any atom is 0.122 e. The zero-order chi connectivity index (χ0) is 16.5. The molecule has 2 aromatic carbocycles. The normalized spacial score (nSPS) is 11.0. The van der Waals surface area contributed by atoms with Crippen LogP contribution in [0.5, 0.6) is 5.75 Å². The summed E-state index contributed by atoms with van der Waals surface area (Å²) in [4.78, 5) is 2.21. The van der Waals surface area contributed by atoms with Crippen molar-refractivity contribution in [1.82, 2.24) is 4.90 Å². The molecule has 0 radical (unpaired) electrons. The van der Waals surface area contributed by atoms with Gasteiger partial charge in [-0.3, -0.25) is 0 Å². The summed E-state index contributed by atoms with van der Waals surface area (Å²) in [5.74, 6) is 1.01. The van der Waals surface area contributed by atoms with Crippen molar-refractivity contribution in [1.29, 1.82) is 0 Å². The SMILES string of the molecule is CN(C)CCCCOc1ccccc1CCc1cccc(Cl)c1. The van der Waals surface area contributed by atoms with Crippen molar-refractivity contribution in [2.24, 2.45) is 0 Å². The third-order valence-corrected chi connectivity index (χ3v) is 4.04. The Morgan fingerprint density at radius 1 is 0.957 bits per heavy atom. The Morgan fingerprint density at radius 3 is 2.57 bits per heavy atom. The summed E-state index contributed by atoms with van der Waals surface area (Å²) >= 11 is 6.05. The maximum absolute atomic E-state index is 6.05. The van der Waals surface area contributed by atoms with Crippen LogP contribution in [0.3, 0.4) is 0 Å². The highest BCUT2D eigenvalue weighted by Gasteiger charge is 2.04. The molecule has 0 aliphatic heterocycles. The first-order valence-corrected chi connectivity index (χ1v) is 8.63. The van der Waals surface area contributed by atoms with Crippen molar-refractivity contribution in [3.05, 3.63) is 64.7 Å². The summed E-state index contributed by atoms with van der Waals surface area (Å²) in [6.07, 6.45) is 4.19. The minimum absolute atomic E-state index is 0.780. The molecule has 0 aliphatic carbocycles. The van der Waals surface area contributed by atoms with Gasteiger partial charge in [0.15, 0.2) is 0 Å².